The molecule has 2 amide bonds. The highest BCUT2D eigenvalue weighted by Gasteiger charge is 2.43. The lowest BCUT2D eigenvalue weighted by Crippen LogP contribution is -2.54. The third kappa shape index (κ3) is 3.48. The number of halogens is 2. The van der Waals surface area contributed by atoms with Crippen LogP contribution in [0.5, 0.6) is 5.75 Å². The van der Waals surface area contributed by atoms with Crippen LogP contribution in [-0.4, -0.2) is 71.4 Å². The Kier molecular flexibility index (Phi) is 4.40. The van der Waals surface area contributed by atoms with Crippen molar-refractivity contribution in [2.45, 2.75) is 18.4 Å². The normalized spacial score (nSPS) is 23.3. The molecule has 24 heavy (non-hydrogen) atoms. The molecule has 1 aromatic rings. The predicted molar refractivity (Wildman–Crippen MR) is 81.9 cm³/mol. The SMILES string of the molecule is O=C(c1cccc(O)c1)N1CCN(C(=O)C2CC(F)(F)CN2)CC1. The second-order valence-electron chi connectivity index (χ2n) is 6.16. The first-order chi connectivity index (χ1) is 11.4. The molecule has 8 heteroatoms. The smallest absolute Gasteiger partial charge is 0.262 e. The Hall–Kier alpha value is -2.22. The Labute approximate surface area is 138 Å². The molecule has 0 radical (unpaired) electrons. The molecule has 130 valence electrons. The second-order valence-corrected chi connectivity index (χ2v) is 6.16. The van der Waals surface area contributed by atoms with Crippen LogP contribution in [0.25, 0.3) is 0 Å². The number of benzene rings is 1. The van der Waals surface area contributed by atoms with Gasteiger partial charge in [-0.05, 0) is 18.2 Å². The monoisotopic (exact) mass is 339 g/mol. The Morgan fingerprint density at radius 2 is 1.83 bits per heavy atom. The van der Waals surface area contributed by atoms with Gasteiger partial charge in [-0.3, -0.25) is 14.9 Å². The summed E-state index contributed by atoms with van der Waals surface area (Å²) in [5.41, 5.74) is 0.381. The predicted octanol–water partition coefficient (Wildman–Crippen LogP) is 0.674. The summed E-state index contributed by atoms with van der Waals surface area (Å²) < 4.78 is 26.4. The third-order valence-corrected chi connectivity index (χ3v) is 4.38. The van der Waals surface area contributed by atoms with E-state index < -0.39 is 24.9 Å². The highest BCUT2D eigenvalue weighted by atomic mass is 19.3. The number of piperazine rings is 1. The second kappa shape index (κ2) is 6.35. The van der Waals surface area contributed by atoms with Crippen LogP contribution in [0.2, 0.25) is 0 Å². The Bertz CT molecular complexity index is 645. The number of aromatic hydroxyl groups is 1. The maximum atomic E-state index is 13.2. The molecule has 2 aliphatic rings. The van der Waals surface area contributed by atoms with Crippen LogP contribution in [0.4, 0.5) is 8.78 Å². The average Bonchev–Trinajstić information content (AvgIpc) is 2.93. The van der Waals surface area contributed by atoms with Crippen molar-refractivity contribution in [3.8, 4) is 5.75 Å². The van der Waals surface area contributed by atoms with Crippen molar-refractivity contribution in [2.24, 2.45) is 0 Å². The van der Waals surface area contributed by atoms with Crippen molar-refractivity contribution >= 4 is 11.8 Å². The number of hydrogen-bond acceptors (Lipinski definition) is 4. The maximum absolute atomic E-state index is 13.2. The molecule has 1 aromatic carbocycles. The highest BCUT2D eigenvalue weighted by Crippen LogP contribution is 2.26. The summed E-state index contributed by atoms with van der Waals surface area (Å²) in [6.07, 6.45) is -0.478. The van der Waals surface area contributed by atoms with E-state index in [1.807, 2.05) is 0 Å². The van der Waals surface area contributed by atoms with Crippen LogP contribution < -0.4 is 5.32 Å². The summed E-state index contributed by atoms with van der Waals surface area (Å²) >= 11 is 0. The number of alkyl halides is 2. The first kappa shape index (κ1) is 16.6. The Balaban J connectivity index is 1.56. The van der Waals surface area contributed by atoms with Crippen molar-refractivity contribution in [3.05, 3.63) is 29.8 Å². The van der Waals surface area contributed by atoms with E-state index in [0.29, 0.717) is 31.7 Å². The minimum atomic E-state index is -2.84. The van der Waals surface area contributed by atoms with Crippen LogP contribution in [0, 0.1) is 0 Å². The third-order valence-electron chi connectivity index (χ3n) is 4.38. The van der Waals surface area contributed by atoms with E-state index >= 15 is 0 Å². The average molecular weight is 339 g/mol. The summed E-state index contributed by atoms with van der Waals surface area (Å²) in [6, 6.07) is 5.23. The van der Waals surface area contributed by atoms with Gasteiger partial charge in [0.15, 0.2) is 0 Å². The van der Waals surface area contributed by atoms with Gasteiger partial charge in [-0.15, -0.1) is 0 Å². The molecule has 2 N–H and O–H groups in total. The Morgan fingerprint density at radius 1 is 1.17 bits per heavy atom. The molecule has 0 aromatic heterocycles. The topological polar surface area (TPSA) is 72.9 Å². The number of amides is 2. The summed E-state index contributed by atoms with van der Waals surface area (Å²) in [5.74, 6) is -3.38. The molecule has 0 saturated carbocycles. The van der Waals surface area contributed by atoms with Gasteiger partial charge < -0.3 is 14.9 Å². The lowest BCUT2D eigenvalue weighted by Gasteiger charge is -2.36. The molecule has 1 unspecified atom stereocenters. The molecule has 0 spiro atoms. The number of carbonyl (C=O) groups is 2. The summed E-state index contributed by atoms with van der Waals surface area (Å²) in [4.78, 5) is 27.8. The molecular weight excluding hydrogens is 320 g/mol. The van der Waals surface area contributed by atoms with Gasteiger partial charge in [0.05, 0.1) is 12.6 Å². The summed E-state index contributed by atoms with van der Waals surface area (Å²) in [7, 11) is 0. The molecule has 0 aliphatic carbocycles. The molecular formula is C16H19F2N3O3. The van der Waals surface area contributed by atoms with Crippen LogP contribution >= 0.6 is 0 Å². The van der Waals surface area contributed by atoms with E-state index in [4.69, 9.17) is 0 Å². The van der Waals surface area contributed by atoms with Crippen molar-refractivity contribution in [1.29, 1.82) is 0 Å². The van der Waals surface area contributed by atoms with Crippen molar-refractivity contribution < 1.29 is 23.5 Å². The minimum Gasteiger partial charge on any atom is -0.508 e. The van der Waals surface area contributed by atoms with Crippen LogP contribution in [0.15, 0.2) is 24.3 Å². The van der Waals surface area contributed by atoms with Crippen molar-refractivity contribution in [1.82, 2.24) is 15.1 Å². The first-order valence-corrected chi connectivity index (χ1v) is 7.84. The fourth-order valence-corrected chi connectivity index (χ4v) is 3.06. The quantitative estimate of drug-likeness (QED) is 0.831. The first-order valence-electron chi connectivity index (χ1n) is 7.84. The zero-order valence-electron chi connectivity index (χ0n) is 13.0. The van der Waals surface area contributed by atoms with Crippen LogP contribution in [-0.2, 0) is 4.79 Å². The van der Waals surface area contributed by atoms with E-state index in [9.17, 15) is 23.5 Å². The van der Waals surface area contributed by atoms with Crippen LogP contribution in [0.1, 0.15) is 16.8 Å². The fourth-order valence-electron chi connectivity index (χ4n) is 3.06. The number of hydrogen-bond donors (Lipinski definition) is 2. The number of phenols is 1. The van der Waals surface area contributed by atoms with Crippen molar-refractivity contribution in [3.63, 3.8) is 0 Å². The molecule has 6 nitrogen and oxygen atoms in total. The summed E-state index contributed by atoms with van der Waals surface area (Å²) in [6.45, 7) is 0.826. The van der Waals surface area contributed by atoms with Crippen LogP contribution in [0.3, 0.4) is 0 Å². The lowest BCUT2D eigenvalue weighted by molar-refractivity contribution is -0.135. The summed E-state index contributed by atoms with van der Waals surface area (Å²) in [5, 5.41) is 12.0. The number of rotatable bonds is 2. The van der Waals surface area contributed by atoms with E-state index in [1.54, 1.807) is 17.0 Å². The standard InChI is InChI=1S/C16H19F2N3O3/c17-16(18)9-13(19-10-16)15(24)21-6-4-20(5-7-21)14(23)11-2-1-3-12(22)8-11/h1-3,8,13,19,22H,4-7,9-10H2. The Morgan fingerprint density at radius 3 is 2.42 bits per heavy atom. The zero-order valence-corrected chi connectivity index (χ0v) is 13.0. The van der Waals surface area contributed by atoms with E-state index in [0.717, 1.165) is 0 Å². The van der Waals surface area contributed by atoms with E-state index in [1.165, 1.54) is 17.0 Å². The molecule has 1 atom stereocenters. The van der Waals surface area contributed by atoms with Gasteiger partial charge in [0, 0.05) is 38.2 Å². The number of carbonyl (C=O) groups excluding carboxylic acids is 2. The van der Waals surface area contributed by atoms with E-state index in [-0.39, 0.29) is 17.6 Å². The van der Waals surface area contributed by atoms with E-state index in [2.05, 4.69) is 5.32 Å². The van der Waals surface area contributed by atoms with Gasteiger partial charge in [-0.25, -0.2) is 8.78 Å². The molecule has 2 fully saturated rings. The lowest BCUT2D eigenvalue weighted by atomic mass is 10.1. The van der Waals surface area contributed by atoms with Crippen molar-refractivity contribution in [2.75, 3.05) is 32.7 Å². The maximum Gasteiger partial charge on any atom is 0.262 e. The van der Waals surface area contributed by atoms with Gasteiger partial charge in [-0.2, -0.15) is 0 Å². The minimum absolute atomic E-state index is 0.0166. The highest BCUT2D eigenvalue weighted by molar-refractivity contribution is 5.94. The molecule has 2 saturated heterocycles. The van der Waals surface area contributed by atoms with Gasteiger partial charge >= 0.3 is 0 Å². The molecule has 3 rings (SSSR count). The number of nitrogens with zero attached hydrogens (tertiary/aromatic N) is 2. The van der Waals surface area contributed by atoms with Gasteiger partial charge in [0.25, 0.3) is 11.8 Å². The largest absolute Gasteiger partial charge is 0.508 e. The van der Waals surface area contributed by atoms with Gasteiger partial charge in [0.2, 0.25) is 5.91 Å². The number of nitrogens with one attached hydrogen (secondary N) is 1. The van der Waals surface area contributed by atoms with Gasteiger partial charge in [-0.1, -0.05) is 6.07 Å². The zero-order chi connectivity index (χ0) is 17.3. The molecule has 2 heterocycles. The molecule has 0 bridgehead atoms. The molecule has 2 aliphatic heterocycles. The number of phenolic OH excluding ortho intramolecular Hbond substituents is 1. The fraction of sp³-hybridized carbons (Fsp3) is 0.500. The van der Waals surface area contributed by atoms with Gasteiger partial charge in [0.1, 0.15) is 5.75 Å².